The van der Waals surface area contributed by atoms with Gasteiger partial charge in [0.05, 0.1) is 6.67 Å². The van der Waals surface area contributed by atoms with Crippen molar-refractivity contribution in [1.29, 1.82) is 0 Å². The molecule has 2 fully saturated rings. The maximum atomic E-state index is 13.7. The number of likely N-dealkylation sites (tertiary alicyclic amines) is 1. The molecule has 6 heteroatoms. The Morgan fingerprint density at radius 3 is 2.36 bits per heavy atom. The summed E-state index contributed by atoms with van der Waals surface area (Å²) >= 11 is 0. The van der Waals surface area contributed by atoms with Crippen molar-refractivity contribution in [2.75, 3.05) is 24.7 Å². The molecule has 1 spiro atoms. The van der Waals surface area contributed by atoms with Crippen LogP contribution in [0, 0.1) is 0 Å². The Morgan fingerprint density at radius 2 is 1.64 bits per heavy atom. The summed E-state index contributed by atoms with van der Waals surface area (Å²) in [5.74, 6) is -1.03. The average Bonchev–Trinajstić information content (AvgIpc) is 3.12. The van der Waals surface area contributed by atoms with E-state index in [4.69, 9.17) is 0 Å². The molecule has 0 radical (unpaired) electrons. The van der Waals surface area contributed by atoms with Crippen molar-refractivity contribution in [2.45, 2.75) is 37.9 Å². The minimum absolute atomic E-state index is 0.0638. The fourth-order valence-electron chi connectivity index (χ4n) is 5.34. The highest BCUT2D eigenvalue weighted by Gasteiger charge is 2.55. The monoisotopic (exact) mass is 443 g/mol. The highest BCUT2D eigenvalue weighted by atomic mass is 16.4. The molecule has 1 atom stereocenters. The number of rotatable bonds is 5. The predicted octanol–water partition coefficient (Wildman–Crippen LogP) is 3.95. The van der Waals surface area contributed by atoms with E-state index in [9.17, 15) is 14.7 Å². The highest BCUT2D eigenvalue weighted by Crippen LogP contribution is 2.40. The van der Waals surface area contributed by atoms with Gasteiger partial charge in [-0.15, -0.1) is 0 Å². The Hall–Kier alpha value is -3.38. The Morgan fingerprint density at radius 1 is 0.970 bits per heavy atom. The van der Waals surface area contributed by atoms with Gasteiger partial charge in [0.2, 0.25) is 0 Å². The fraction of sp³-hybridized carbons (Fsp3) is 0.333. The number of fused-ring (bicyclic) bond motifs is 1. The Kier molecular flexibility index (Phi) is 5.54. The summed E-state index contributed by atoms with van der Waals surface area (Å²) in [4.78, 5) is 31.4. The van der Waals surface area contributed by atoms with E-state index in [-0.39, 0.29) is 5.91 Å². The van der Waals surface area contributed by atoms with Gasteiger partial charge in [-0.2, -0.15) is 0 Å². The van der Waals surface area contributed by atoms with E-state index < -0.39 is 17.6 Å². The minimum Gasteiger partial charge on any atom is -0.480 e. The van der Waals surface area contributed by atoms with E-state index in [1.807, 2.05) is 30.3 Å². The van der Waals surface area contributed by atoms with Crippen LogP contribution in [-0.2, 0) is 16.1 Å². The quantitative estimate of drug-likeness (QED) is 0.647. The van der Waals surface area contributed by atoms with Gasteiger partial charge in [-0.1, -0.05) is 60.7 Å². The summed E-state index contributed by atoms with van der Waals surface area (Å²) in [6.45, 7) is 4.31. The smallest absolute Gasteiger partial charge is 0.326 e. The zero-order valence-corrected chi connectivity index (χ0v) is 18.9. The van der Waals surface area contributed by atoms with Gasteiger partial charge in [0.15, 0.2) is 0 Å². The van der Waals surface area contributed by atoms with Crippen LogP contribution in [0.25, 0.3) is 10.8 Å². The molecule has 2 aliphatic heterocycles. The third kappa shape index (κ3) is 3.74. The molecule has 0 saturated carbocycles. The molecule has 0 aromatic heterocycles. The van der Waals surface area contributed by atoms with Crippen LogP contribution in [0.1, 0.15) is 25.3 Å². The zero-order chi connectivity index (χ0) is 23.0. The van der Waals surface area contributed by atoms with Crippen LogP contribution >= 0.6 is 0 Å². The Balaban J connectivity index is 1.39. The first kappa shape index (κ1) is 21.5. The number of carbonyl (C=O) groups excluding carboxylic acids is 1. The van der Waals surface area contributed by atoms with Crippen molar-refractivity contribution in [3.63, 3.8) is 0 Å². The second-order valence-electron chi connectivity index (χ2n) is 9.14. The van der Waals surface area contributed by atoms with Crippen LogP contribution in [0.4, 0.5) is 5.69 Å². The SMILES string of the molecule is CC(C(=O)O)N1CN(c2ccccc2)C2(CCN(Cc3cccc4ccccc34)CC2)C1=O. The largest absolute Gasteiger partial charge is 0.480 e. The number of carbonyl (C=O) groups is 2. The molecule has 5 rings (SSSR count). The third-order valence-corrected chi connectivity index (χ3v) is 7.32. The van der Waals surface area contributed by atoms with E-state index in [1.54, 1.807) is 6.92 Å². The Labute approximate surface area is 194 Å². The lowest BCUT2D eigenvalue weighted by molar-refractivity contribution is -0.149. The predicted molar refractivity (Wildman–Crippen MR) is 129 cm³/mol. The van der Waals surface area contributed by atoms with Gasteiger partial charge in [-0.3, -0.25) is 9.69 Å². The number of aliphatic carboxylic acids is 1. The average molecular weight is 444 g/mol. The van der Waals surface area contributed by atoms with Crippen molar-refractivity contribution >= 4 is 28.3 Å². The first-order chi connectivity index (χ1) is 16.0. The molecule has 1 unspecified atom stereocenters. The summed E-state index contributed by atoms with van der Waals surface area (Å²) in [6.07, 6.45) is 1.35. The number of amides is 1. The van der Waals surface area contributed by atoms with Crippen LogP contribution in [0.3, 0.4) is 0 Å². The van der Waals surface area contributed by atoms with Crippen molar-refractivity contribution < 1.29 is 14.7 Å². The van der Waals surface area contributed by atoms with E-state index >= 15 is 0 Å². The molecule has 1 amide bonds. The summed E-state index contributed by atoms with van der Waals surface area (Å²) < 4.78 is 0. The first-order valence-corrected chi connectivity index (χ1v) is 11.6. The van der Waals surface area contributed by atoms with Crippen LogP contribution in [0.5, 0.6) is 0 Å². The normalized spacial score (nSPS) is 19.4. The fourth-order valence-corrected chi connectivity index (χ4v) is 5.34. The number of carboxylic acids is 1. The first-order valence-electron chi connectivity index (χ1n) is 11.6. The number of hydrogen-bond donors (Lipinski definition) is 1. The number of carboxylic acid groups (broad SMARTS) is 1. The van der Waals surface area contributed by atoms with Gasteiger partial charge in [-0.25, -0.2) is 4.79 Å². The van der Waals surface area contributed by atoms with E-state index in [2.05, 4.69) is 52.3 Å². The molecule has 170 valence electrons. The third-order valence-electron chi connectivity index (χ3n) is 7.32. The van der Waals surface area contributed by atoms with Crippen molar-refractivity contribution in [1.82, 2.24) is 9.80 Å². The van der Waals surface area contributed by atoms with Gasteiger partial charge in [-0.05, 0) is 48.2 Å². The number of para-hydroxylation sites is 1. The second kappa shape index (κ2) is 8.52. The maximum absolute atomic E-state index is 13.7. The topological polar surface area (TPSA) is 64.1 Å². The van der Waals surface area contributed by atoms with Crippen LogP contribution in [0.2, 0.25) is 0 Å². The molecular weight excluding hydrogens is 414 g/mol. The van der Waals surface area contributed by atoms with Gasteiger partial charge >= 0.3 is 5.97 Å². The molecule has 2 heterocycles. The van der Waals surface area contributed by atoms with E-state index in [0.29, 0.717) is 19.5 Å². The number of benzene rings is 3. The molecule has 33 heavy (non-hydrogen) atoms. The number of nitrogens with zero attached hydrogens (tertiary/aromatic N) is 3. The van der Waals surface area contributed by atoms with Gasteiger partial charge in [0.1, 0.15) is 11.6 Å². The Bertz CT molecular complexity index is 1170. The molecule has 0 bridgehead atoms. The summed E-state index contributed by atoms with van der Waals surface area (Å²) in [5.41, 5.74) is 1.57. The lowest BCUT2D eigenvalue weighted by Crippen LogP contribution is -2.56. The maximum Gasteiger partial charge on any atom is 0.326 e. The zero-order valence-electron chi connectivity index (χ0n) is 18.9. The van der Waals surface area contributed by atoms with Crippen LogP contribution < -0.4 is 4.90 Å². The molecule has 2 aliphatic rings. The molecule has 3 aromatic carbocycles. The number of piperidine rings is 1. The van der Waals surface area contributed by atoms with Gasteiger partial charge in [0.25, 0.3) is 5.91 Å². The molecule has 1 N–H and O–H groups in total. The minimum atomic E-state index is -0.971. The second-order valence-corrected chi connectivity index (χ2v) is 9.14. The van der Waals surface area contributed by atoms with Crippen molar-refractivity contribution in [3.8, 4) is 0 Å². The number of hydrogen-bond acceptors (Lipinski definition) is 4. The molecular formula is C27H29N3O3. The molecule has 0 aliphatic carbocycles. The number of anilines is 1. The van der Waals surface area contributed by atoms with E-state index in [1.165, 1.54) is 21.2 Å². The summed E-state index contributed by atoms with van der Waals surface area (Å²) in [7, 11) is 0. The standard InChI is InChI=1S/C27H29N3O3/c1-20(25(31)32)29-19-30(23-11-3-2-4-12-23)27(26(29)33)14-16-28(17-15-27)18-22-10-7-9-21-8-5-6-13-24(21)22/h2-13,20H,14-19H2,1H3,(H,31,32). The van der Waals surface area contributed by atoms with Crippen LogP contribution in [-0.4, -0.2) is 58.1 Å². The lowest BCUT2D eigenvalue weighted by Gasteiger charge is -2.43. The molecule has 2 saturated heterocycles. The molecule has 3 aromatic rings. The van der Waals surface area contributed by atoms with Gasteiger partial charge in [0, 0.05) is 25.3 Å². The van der Waals surface area contributed by atoms with Crippen molar-refractivity contribution in [3.05, 3.63) is 78.4 Å². The summed E-state index contributed by atoms with van der Waals surface area (Å²) in [6, 6.07) is 23.9. The van der Waals surface area contributed by atoms with E-state index in [0.717, 1.165) is 25.3 Å². The van der Waals surface area contributed by atoms with Gasteiger partial charge < -0.3 is 14.9 Å². The molecule has 6 nitrogen and oxygen atoms in total. The summed E-state index contributed by atoms with van der Waals surface area (Å²) in [5, 5.41) is 12.1. The van der Waals surface area contributed by atoms with Crippen LogP contribution in [0.15, 0.2) is 72.8 Å². The highest BCUT2D eigenvalue weighted by molar-refractivity contribution is 5.96. The lowest BCUT2D eigenvalue weighted by atomic mass is 9.85. The van der Waals surface area contributed by atoms with Crippen molar-refractivity contribution in [2.24, 2.45) is 0 Å².